The van der Waals surface area contributed by atoms with E-state index in [4.69, 9.17) is 16.3 Å². The molecule has 0 saturated carbocycles. The van der Waals surface area contributed by atoms with Gasteiger partial charge in [0.05, 0.1) is 19.1 Å². The zero-order valence-electron chi connectivity index (χ0n) is 11.0. The van der Waals surface area contributed by atoms with E-state index in [-0.39, 0.29) is 0 Å². The normalized spacial score (nSPS) is 17.8. The van der Waals surface area contributed by atoms with Crippen molar-refractivity contribution in [2.75, 3.05) is 26.3 Å². The molecule has 19 heavy (non-hydrogen) atoms. The molecule has 0 aliphatic carbocycles. The number of halogens is 1. The Morgan fingerprint density at radius 3 is 2.63 bits per heavy atom. The third-order valence-corrected chi connectivity index (χ3v) is 5.31. The van der Waals surface area contributed by atoms with Crippen LogP contribution in [0.1, 0.15) is 19.0 Å². The molecule has 108 valence electrons. The van der Waals surface area contributed by atoms with Crippen LogP contribution in [0.3, 0.4) is 0 Å². The molecule has 1 aliphatic rings. The minimum absolute atomic E-state index is 0.318. The quantitative estimate of drug-likeness (QED) is 0.777. The Balaban J connectivity index is 2.29. The highest BCUT2D eigenvalue weighted by Gasteiger charge is 2.27. The summed E-state index contributed by atoms with van der Waals surface area (Å²) in [6.07, 6.45) is 2.63. The van der Waals surface area contributed by atoms with Crippen molar-refractivity contribution in [3.05, 3.63) is 18.0 Å². The van der Waals surface area contributed by atoms with E-state index in [0.29, 0.717) is 37.1 Å². The molecule has 1 saturated heterocycles. The van der Waals surface area contributed by atoms with E-state index >= 15 is 0 Å². The molecule has 0 aromatic carbocycles. The summed E-state index contributed by atoms with van der Waals surface area (Å²) in [4.78, 5) is 0.332. The van der Waals surface area contributed by atoms with Crippen molar-refractivity contribution in [1.82, 2.24) is 8.87 Å². The van der Waals surface area contributed by atoms with Crippen molar-refractivity contribution in [3.63, 3.8) is 0 Å². The molecule has 0 spiro atoms. The highest BCUT2D eigenvalue weighted by molar-refractivity contribution is 7.89. The lowest BCUT2D eigenvalue weighted by Crippen LogP contribution is -2.40. The van der Waals surface area contributed by atoms with Crippen molar-refractivity contribution in [3.8, 4) is 0 Å². The van der Waals surface area contributed by atoms with E-state index in [2.05, 4.69) is 0 Å². The van der Waals surface area contributed by atoms with Crippen LogP contribution in [-0.4, -0.2) is 43.6 Å². The summed E-state index contributed by atoms with van der Waals surface area (Å²) < 4.78 is 33.6. The number of alkyl halides is 1. The maximum atomic E-state index is 12.5. The third-order valence-electron chi connectivity index (χ3n) is 3.17. The first-order valence-electron chi connectivity index (χ1n) is 6.42. The number of nitrogens with zero attached hydrogens (tertiary/aromatic N) is 2. The molecule has 2 rings (SSSR count). The molecule has 1 aromatic heterocycles. The Morgan fingerprint density at radius 1 is 1.37 bits per heavy atom. The summed E-state index contributed by atoms with van der Waals surface area (Å²) in [7, 11) is -3.42. The van der Waals surface area contributed by atoms with E-state index in [1.54, 1.807) is 12.3 Å². The lowest BCUT2D eigenvalue weighted by molar-refractivity contribution is 0.0730. The van der Waals surface area contributed by atoms with Crippen molar-refractivity contribution in [2.24, 2.45) is 0 Å². The molecule has 1 aromatic rings. The van der Waals surface area contributed by atoms with Gasteiger partial charge in [0.1, 0.15) is 4.90 Å². The summed E-state index contributed by atoms with van der Waals surface area (Å²) in [5, 5.41) is 0. The van der Waals surface area contributed by atoms with Gasteiger partial charge in [-0.15, -0.1) is 11.6 Å². The van der Waals surface area contributed by atoms with E-state index in [9.17, 15) is 8.42 Å². The molecule has 1 fully saturated rings. The number of hydrogen-bond acceptors (Lipinski definition) is 3. The van der Waals surface area contributed by atoms with Crippen LogP contribution in [0.4, 0.5) is 0 Å². The Morgan fingerprint density at radius 2 is 2.05 bits per heavy atom. The van der Waals surface area contributed by atoms with E-state index in [0.717, 1.165) is 18.7 Å². The minimum Gasteiger partial charge on any atom is -0.379 e. The van der Waals surface area contributed by atoms with Gasteiger partial charge in [-0.2, -0.15) is 4.31 Å². The van der Waals surface area contributed by atoms with Crippen molar-refractivity contribution in [2.45, 2.75) is 30.7 Å². The highest BCUT2D eigenvalue weighted by atomic mass is 35.5. The molecule has 2 heterocycles. The van der Waals surface area contributed by atoms with Crippen LogP contribution in [0.15, 0.2) is 17.2 Å². The zero-order chi connectivity index (χ0) is 13.9. The lowest BCUT2D eigenvalue weighted by atomic mass is 10.4. The number of morpholine rings is 1. The van der Waals surface area contributed by atoms with Crippen LogP contribution in [-0.2, 0) is 27.2 Å². The standard InChI is InChI=1S/C12H19ClN2O3S/c1-2-3-14-10-12(8-11(14)9-13)19(16,17)15-4-6-18-7-5-15/h8,10H,2-7,9H2,1H3. The fraction of sp³-hybridized carbons (Fsp3) is 0.667. The van der Waals surface area contributed by atoms with Crippen LogP contribution >= 0.6 is 11.6 Å². The second kappa shape index (κ2) is 6.26. The monoisotopic (exact) mass is 306 g/mol. The van der Waals surface area contributed by atoms with E-state index < -0.39 is 10.0 Å². The third kappa shape index (κ3) is 3.13. The second-order valence-electron chi connectivity index (χ2n) is 4.51. The van der Waals surface area contributed by atoms with Crippen molar-refractivity contribution < 1.29 is 13.2 Å². The van der Waals surface area contributed by atoms with Gasteiger partial charge in [-0.25, -0.2) is 8.42 Å². The van der Waals surface area contributed by atoms with Crippen LogP contribution in [0.25, 0.3) is 0 Å². The van der Waals surface area contributed by atoms with Gasteiger partial charge < -0.3 is 9.30 Å². The first kappa shape index (κ1) is 14.8. The highest BCUT2D eigenvalue weighted by Crippen LogP contribution is 2.21. The molecular formula is C12H19ClN2O3S. The van der Waals surface area contributed by atoms with E-state index in [1.807, 2.05) is 11.5 Å². The van der Waals surface area contributed by atoms with Gasteiger partial charge in [-0.1, -0.05) is 6.92 Å². The second-order valence-corrected chi connectivity index (χ2v) is 6.72. The van der Waals surface area contributed by atoms with Gasteiger partial charge in [0.2, 0.25) is 10.0 Å². The Labute approximate surface area is 119 Å². The molecular weight excluding hydrogens is 288 g/mol. The van der Waals surface area contributed by atoms with Gasteiger partial charge in [-0.05, 0) is 12.5 Å². The summed E-state index contributed by atoms with van der Waals surface area (Å²) in [5.41, 5.74) is 0.843. The molecule has 0 atom stereocenters. The maximum Gasteiger partial charge on any atom is 0.244 e. The van der Waals surface area contributed by atoms with Crippen LogP contribution < -0.4 is 0 Å². The van der Waals surface area contributed by atoms with Crippen LogP contribution in [0.5, 0.6) is 0 Å². The van der Waals surface area contributed by atoms with Gasteiger partial charge in [0.25, 0.3) is 0 Å². The fourth-order valence-corrected chi connectivity index (χ4v) is 3.87. The molecule has 7 heteroatoms. The van der Waals surface area contributed by atoms with Gasteiger partial charge in [0.15, 0.2) is 0 Å². The molecule has 0 N–H and O–H groups in total. The summed E-state index contributed by atoms with van der Waals surface area (Å²) in [6, 6.07) is 1.67. The molecule has 0 amide bonds. The van der Waals surface area contributed by atoms with Crippen LogP contribution in [0.2, 0.25) is 0 Å². The van der Waals surface area contributed by atoms with Crippen molar-refractivity contribution >= 4 is 21.6 Å². The predicted octanol–water partition coefficient (Wildman–Crippen LogP) is 1.66. The topological polar surface area (TPSA) is 51.5 Å². The number of rotatable bonds is 5. The average molecular weight is 307 g/mol. The Bertz CT molecular complexity index is 521. The predicted molar refractivity (Wildman–Crippen MR) is 73.9 cm³/mol. The summed E-state index contributed by atoms with van der Waals surface area (Å²) in [5.74, 6) is 0.318. The molecule has 0 bridgehead atoms. The van der Waals surface area contributed by atoms with E-state index in [1.165, 1.54) is 4.31 Å². The average Bonchev–Trinajstić information content (AvgIpc) is 2.84. The largest absolute Gasteiger partial charge is 0.379 e. The van der Waals surface area contributed by atoms with Gasteiger partial charge >= 0.3 is 0 Å². The number of ether oxygens (including phenoxy) is 1. The first-order valence-corrected chi connectivity index (χ1v) is 8.40. The van der Waals surface area contributed by atoms with Gasteiger partial charge in [-0.3, -0.25) is 0 Å². The summed E-state index contributed by atoms with van der Waals surface area (Å²) >= 11 is 5.87. The number of aromatic nitrogens is 1. The maximum absolute atomic E-state index is 12.5. The molecule has 5 nitrogen and oxygen atoms in total. The smallest absolute Gasteiger partial charge is 0.244 e. The fourth-order valence-electron chi connectivity index (χ4n) is 2.16. The Hall–Kier alpha value is -0.560. The minimum atomic E-state index is -3.42. The Kier molecular flexibility index (Phi) is 4.89. The number of hydrogen-bond donors (Lipinski definition) is 0. The number of sulfonamides is 1. The number of aryl methyl sites for hydroxylation is 1. The summed E-state index contributed by atoms with van der Waals surface area (Å²) in [6.45, 7) is 4.57. The van der Waals surface area contributed by atoms with Gasteiger partial charge in [0, 0.05) is 31.5 Å². The lowest BCUT2D eigenvalue weighted by Gasteiger charge is -2.25. The molecule has 1 aliphatic heterocycles. The SMILES string of the molecule is CCCn1cc(S(=O)(=O)N2CCOCC2)cc1CCl. The molecule has 0 radical (unpaired) electrons. The zero-order valence-corrected chi connectivity index (χ0v) is 12.6. The molecule has 0 unspecified atom stereocenters. The first-order chi connectivity index (χ1) is 9.09. The van der Waals surface area contributed by atoms with Crippen molar-refractivity contribution in [1.29, 1.82) is 0 Å². The van der Waals surface area contributed by atoms with Crippen LogP contribution in [0, 0.1) is 0 Å².